The van der Waals surface area contributed by atoms with Crippen LogP contribution in [0.25, 0.3) is 0 Å². The summed E-state index contributed by atoms with van der Waals surface area (Å²) in [6, 6.07) is 0. The van der Waals surface area contributed by atoms with Crippen molar-refractivity contribution in [2.45, 2.75) is 0 Å². The van der Waals surface area contributed by atoms with E-state index < -0.39 is 0 Å². The van der Waals surface area contributed by atoms with Gasteiger partial charge in [-0.1, -0.05) is 0 Å². The van der Waals surface area contributed by atoms with Crippen LogP contribution in [0.4, 0.5) is 0 Å². The molecule has 0 aromatic rings. The lowest BCUT2D eigenvalue weighted by Crippen LogP contribution is -2.50. The second kappa shape index (κ2) is 2.99. The topological polar surface area (TPSA) is 47.5 Å². The Morgan fingerprint density at radius 1 is 1.38 bits per heavy atom. The molecule has 1 rings (SSSR count). The van der Waals surface area contributed by atoms with Gasteiger partial charge in [0.15, 0.2) is 0 Å². The van der Waals surface area contributed by atoms with Gasteiger partial charge in [0.2, 0.25) is 0 Å². The van der Waals surface area contributed by atoms with Gasteiger partial charge in [0.1, 0.15) is 0 Å². The van der Waals surface area contributed by atoms with Crippen LogP contribution < -0.4 is 10.6 Å². The second-order valence-electron chi connectivity index (χ2n) is 1.81. The Kier molecular flexibility index (Phi) is 2.23. The van der Waals surface area contributed by atoms with E-state index in [0.29, 0.717) is 0 Å². The molecule has 1 aliphatic heterocycles. The van der Waals surface area contributed by atoms with E-state index in [1.54, 1.807) is 0 Å². The van der Waals surface area contributed by atoms with Gasteiger partial charge in [-0.15, -0.1) is 0 Å². The van der Waals surface area contributed by atoms with Crippen molar-refractivity contribution < 1.29 is 5.11 Å². The van der Waals surface area contributed by atoms with Crippen molar-refractivity contribution in [1.82, 2.24) is 15.5 Å². The molecular weight excluding hydrogens is 106 g/mol. The van der Waals surface area contributed by atoms with Gasteiger partial charge in [0.25, 0.3) is 0 Å². The van der Waals surface area contributed by atoms with Crippen molar-refractivity contribution in [3.05, 3.63) is 0 Å². The average molecular weight is 117 g/mol. The van der Waals surface area contributed by atoms with E-state index in [4.69, 9.17) is 5.11 Å². The minimum absolute atomic E-state index is 0.125. The number of aliphatic hydroxyl groups excluding tert-OH is 1. The zero-order chi connectivity index (χ0) is 5.82. The summed E-state index contributed by atoms with van der Waals surface area (Å²) < 4.78 is 0. The Morgan fingerprint density at radius 3 is 2.38 bits per heavy atom. The number of nitrogens with zero attached hydrogens (tertiary/aromatic N) is 1. The molecule has 1 saturated heterocycles. The van der Waals surface area contributed by atoms with Gasteiger partial charge < -0.3 is 5.11 Å². The van der Waals surface area contributed by atoms with E-state index in [2.05, 4.69) is 10.6 Å². The molecule has 1 aliphatic rings. The summed E-state index contributed by atoms with van der Waals surface area (Å²) in [7, 11) is 0. The van der Waals surface area contributed by atoms with Gasteiger partial charge >= 0.3 is 0 Å². The highest BCUT2D eigenvalue weighted by molar-refractivity contribution is 4.54. The summed E-state index contributed by atoms with van der Waals surface area (Å²) in [4.78, 5) is 1.85. The maximum absolute atomic E-state index is 8.54. The molecule has 48 valence electrons. The molecule has 8 heavy (non-hydrogen) atoms. The van der Waals surface area contributed by atoms with Crippen LogP contribution in [0.15, 0.2) is 0 Å². The van der Waals surface area contributed by atoms with Crippen LogP contribution in [0.2, 0.25) is 0 Å². The van der Waals surface area contributed by atoms with Crippen LogP contribution in [0.3, 0.4) is 0 Å². The van der Waals surface area contributed by atoms with Crippen LogP contribution in [0.1, 0.15) is 0 Å². The smallest absolute Gasteiger partial charge is 0.0976 e. The van der Waals surface area contributed by atoms with Crippen LogP contribution in [0, 0.1) is 0 Å². The van der Waals surface area contributed by atoms with E-state index in [-0.39, 0.29) is 6.73 Å². The highest BCUT2D eigenvalue weighted by atomic mass is 16.3. The standard InChI is InChI=1S/C4H11N3O/c8-4-7-2-5-1-6-3-7/h5-6,8H,1-4H2. The van der Waals surface area contributed by atoms with E-state index in [0.717, 1.165) is 20.0 Å². The first kappa shape index (κ1) is 5.97. The fourth-order valence-electron chi connectivity index (χ4n) is 0.672. The van der Waals surface area contributed by atoms with E-state index in [9.17, 15) is 0 Å². The molecule has 4 heteroatoms. The first-order valence-electron chi connectivity index (χ1n) is 2.68. The molecule has 0 atom stereocenters. The molecule has 0 aliphatic carbocycles. The summed E-state index contributed by atoms with van der Waals surface area (Å²) in [5, 5.41) is 14.6. The summed E-state index contributed by atoms with van der Waals surface area (Å²) in [6.07, 6.45) is 0. The van der Waals surface area contributed by atoms with Crippen molar-refractivity contribution in [1.29, 1.82) is 0 Å². The zero-order valence-corrected chi connectivity index (χ0v) is 4.72. The normalized spacial score (nSPS) is 23.6. The maximum atomic E-state index is 8.54. The number of hydrogen-bond acceptors (Lipinski definition) is 4. The third-order valence-electron chi connectivity index (χ3n) is 1.12. The first-order valence-corrected chi connectivity index (χ1v) is 2.68. The molecule has 1 fully saturated rings. The lowest BCUT2D eigenvalue weighted by Gasteiger charge is -2.25. The third-order valence-corrected chi connectivity index (χ3v) is 1.12. The Labute approximate surface area is 48.5 Å². The Balaban J connectivity index is 2.13. The van der Waals surface area contributed by atoms with Crippen LogP contribution in [0.5, 0.6) is 0 Å². The minimum Gasteiger partial charge on any atom is -0.381 e. The van der Waals surface area contributed by atoms with Gasteiger partial charge in [-0.2, -0.15) is 0 Å². The second-order valence-corrected chi connectivity index (χ2v) is 1.81. The van der Waals surface area contributed by atoms with Crippen molar-refractivity contribution in [3.8, 4) is 0 Å². The summed E-state index contributed by atoms with van der Waals surface area (Å²) in [6.45, 7) is 2.53. The molecule has 1 heterocycles. The molecule has 0 saturated carbocycles. The molecule has 4 nitrogen and oxygen atoms in total. The molecule has 0 spiro atoms. The van der Waals surface area contributed by atoms with Crippen molar-refractivity contribution in [2.75, 3.05) is 26.7 Å². The molecule has 0 aromatic heterocycles. The fourth-order valence-corrected chi connectivity index (χ4v) is 0.672. The lowest BCUT2D eigenvalue weighted by atomic mass is 10.7. The Hall–Kier alpha value is -0.160. The maximum Gasteiger partial charge on any atom is 0.0976 e. The minimum atomic E-state index is 0.125. The number of hydrogen-bond donors (Lipinski definition) is 3. The summed E-state index contributed by atoms with van der Waals surface area (Å²) in [5.41, 5.74) is 0. The Morgan fingerprint density at radius 2 is 2.00 bits per heavy atom. The molecule has 0 amide bonds. The molecule has 0 unspecified atom stereocenters. The quantitative estimate of drug-likeness (QED) is 0.383. The van der Waals surface area contributed by atoms with Crippen molar-refractivity contribution in [2.24, 2.45) is 0 Å². The van der Waals surface area contributed by atoms with Crippen LogP contribution in [-0.4, -0.2) is 36.7 Å². The van der Waals surface area contributed by atoms with Crippen molar-refractivity contribution >= 4 is 0 Å². The van der Waals surface area contributed by atoms with E-state index in [1.807, 2.05) is 4.90 Å². The molecular formula is C4H11N3O. The molecule has 0 aromatic carbocycles. The molecule has 3 N–H and O–H groups in total. The summed E-state index contributed by atoms with van der Waals surface area (Å²) in [5.74, 6) is 0. The van der Waals surface area contributed by atoms with Crippen LogP contribution >= 0.6 is 0 Å². The number of rotatable bonds is 1. The SMILES string of the molecule is OCN1CNCNC1. The number of nitrogens with one attached hydrogen (secondary N) is 2. The van der Waals surface area contributed by atoms with E-state index in [1.165, 1.54) is 0 Å². The number of aliphatic hydroxyl groups is 1. The predicted molar refractivity (Wildman–Crippen MR) is 29.8 cm³/mol. The average Bonchev–Trinajstić information content (AvgIpc) is 1.90. The summed E-state index contributed by atoms with van der Waals surface area (Å²) >= 11 is 0. The molecule has 0 radical (unpaired) electrons. The van der Waals surface area contributed by atoms with Crippen molar-refractivity contribution in [3.63, 3.8) is 0 Å². The third kappa shape index (κ3) is 1.41. The Bertz CT molecular complexity index is 62.3. The fraction of sp³-hybridized carbons (Fsp3) is 1.00. The lowest BCUT2D eigenvalue weighted by molar-refractivity contribution is 0.0722. The van der Waals surface area contributed by atoms with Gasteiger partial charge in [0.05, 0.1) is 20.1 Å². The molecule has 0 bridgehead atoms. The van der Waals surface area contributed by atoms with Gasteiger partial charge in [-0.25, -0.2) is 0 Å². The monoisotopic (exact) mass is 117 g/mol. The highest BCUT2D eigenvalue weighted by Gasteiger charge is 2.04. The van der Waals surface area contributed by atoms with Gasteiger partial charge in [-0.05, 0) is 0 Å². The zero-order valence-electron chi connectivity index (χ0n) is 4.72. The van der Waals surface area contributed by atoms with Gasteiger partial charge in [0, 0.05) is 6.67 Å². The van der Waals surface area contributed by atoms with Crippen LogP contribution in [-0.2, 0) is 0 Å². The largest absolute Gasteiger partial charge is 0.381 e. The van der Waals surface area contributed by atoms with Gasteiger partial charge in [-0.3, -0.25) is 15.5 Å². The van der Waals surface area contributed by atoms with E-state index >= 15 is 0 Å². The predicted octanol–water partition coefficient (Wildman–Crippen LogP) is -1.70. The first-order chi connectivity index (χ1) is 3.93. The highest BCUT2D eigenvalue weighted by Crippen LogP contribution is 1.81.